The second-order valence-electron chi connectivity index (χ2n) is 8.45. The first-order valence-electron chi connectivity index (χ1n) is 11.7. The summed E-state index contributed by atoms with van der Waals surface area (Å²) in [7, 11) is 0. The van der Waals surface area contributed by atoms with E-state index in [1.807, 2.05) is 24.4 Å². The highest BCUT2D eigenvalue weighted by atomic mass is 127. The summed E-state index contributed by atoms with van der Waals surface area (Å²) in [6.45, 7) is 5.44. The van der Waals surface area contributed by atoms with Crippen LogP contribution in [-0.2, 0) is 17.7 Å². The maximum atomic E-state index is 5.86. The molecule has 2 aliphatic heterocycles. The van der Waals surface area contributed by atoms with Gasteiger partial charge in [0.15, 0.2) is 5.96 Å². The zero-order valence-electron chi connectivity index (χ0n) is 18.7. The summed E-state index contributed by atoms with van der Waals surface area (Å²) in [5, 5.41) is 7.17. The standard InChI is InChI=1S/C24H35N5O2.HI/c1-3-12-25-21(6-1)19-29-14-10-20(11-15-29)28-24(26-13-9-22-8-5-17-30-22)27-18-23-7-2-4-16-31-23;/h1,3,5-6,8,12,17,20,23H,2,4,7,9-11,13-16,18-19H2,(H2,26,27,28);1H. The molecule has 2 fully saturated rings. The number of ether oxygens (including phenoxy) is 1. The number of hydrogen-bond acceptors (Lipinski definition) is 5. The minimum Gasteiger partial charge on any atom is -0.469 e. The number of likely N-dealkylation sites (tertiary alicyclic amines) is 1. The molecule has 4 heterocycles. The Labute approximate surface area is 208 Å². The van der Waals surface area contributed by atoms with Crippen LogP contribution in [0.5, 0.6) is 0 Å². The third-order valence-electron chi connectivity index (χ3n) is 6.01. The van der Waals surface area contributed by atoms with E-state index in [1.165, 1.54) is 12.8 Å². The van der Waals surface area contributed by atoms with Gasteiger partial charge in [-0.05, 0) is 56.4 Å². The summed E-state index contributed by atoms with van der Waals surface area (Å²) in [6, 6.07) is 10.5. The van der Waals surface area contributed by atoms with Crippen LogP contribution < -0.4 is 10.6 Å². The molecule has 0 bridgehead atoms. The summed E-state index contributed by atoms with van der Waals surface area (Å²) in [4.78, 5) is 11.8. The Morgan fingerprint density at radius 3 is 2.75 bits per heavy atom. The Morgan fingerprint density at radius 2 is 2.03 bits per heavy atom. The van der Waals surface area contributed by atoms with Crippen LogP contribution in [0.4, 0.5) is 0 Å². The zero-order chi connectivity index (χ0) is 21.1. The number of halogens is 1. The van der Waals surface area contributed by atoms with Crippen molar-refractivity contribution in [3.05, 3.63) is 54.2 Å². The highest BCUT2D eigenvalue weighted by molar-refractivity contribution is 14.0. The van der Waals surface area contributed by atoms with Gasteiger partial charge in [-0.25, -0.2) is 0 Å². The van der Waals surface area contributed by atoms with Gasteiger partial charge < -0.3 is 19.8 Å². The van der Waals surface area contributed by atoms with Gasteiger partial charge >= 0.3 is 0 Å². The molecule has 0 aromatic carbocycles. The Bertz CT molecular complexity index is 773. The van der Waals surface area contributed by atoms with E-state index in [4.69, 9.17) is 14.1 Å². The smallest absolute Gasteiger partial charge is 0.191 e. The second kappa shape index (κ2) is 13.8. The van der Waals surface area contributed by atoms with E-state index in [0.717, 1.165) is 75.9 Å². The first-order valence-corrected chi connectivity index (χ1v) is 11.7. The molecular weight excluding hydrogens is 517 g/mol. The van der Waals surface area contributed by atoms with E-state index < -0.39 is 0 Å². The van der Waals surface area contributed by atoms with E-state index >= 15 is 0 Å². The van der Waals surface area contributed by atoms with E-state index in [2.05, 4.69) is 32.7 Å². The lowest BCUT2D eigenvalue weighted by atomic mass is 10.0. The number of rotatable bonds is 8. The van der Waals surface area contributed by atoms with Gasteiger partial charge in [0.05, 0.1) is 24.6 Å². The predicted octanol–water partition coefficient (Wildman–Crippen LogP) is 3.60. The fourth-order valence-electron chi connectivity index (χ4n) is 4.21. The second-order valence-corrected chi connectivity index (χ2v) is 8.45. The van der Waals surface area contributed by atoms with Crippen LogP contribution in [0.2, 0.25) is 0 Å². The van der Waals surface area contributed by atoms with Gasteiger partial charge in [0, 0.05) is 51.4 Å². The van der Waals surface area contributed by atoms with Crippen LogP contribution >= 0.6 is 24.0 Å². The molecule has 2 N–H and O–H groups in total. The molecule has 1 unspecified atom stereocenters. The largest absolute Gasteiger partial charge is 0.469 e. The monoisotopic (exact) mass is 553 g/mol. The summed E-state index contributed by atoms with van der Waals surface area (Å²) in [5.74, 6) is 1.88. The lowest BCUT2D eigenvalue weighted by molar-refractivity contribution is 0.0224. The predicted molar refractivity (Wildman–Crippen MR) is 137 cm³/mol. The molecule has 1 atom stereocenters. The number of aromatic nitrogens is 1. The van der Waals surface area contributed by atoms with Crippen molar-refractivity contribution >= 4 is 29.9 Å². The van der Waals surface area contributed by atoms with Gasteiger partial charge in [0.1, 0.15) is 5.76 Å². The van der Waals surface area contributed by atoms with Gasteiger partial charge in [-0.15, -0.1) is 24.0 Å². The number of pyridine rings is 1. The van der Waals surface area contributed by atoms with Crippen LogP contribution in [0.15, 0.2) is 52.2 Å². The Hall–Kier alpha value is -1.65. The molecule has 2 aliphatic rings. The third kappa shape index (κ3) is 8.37. The average Bonchev–Trinajstić information content (AvgIpc) is 3.34. The van der Waals surface area contributed by atoms with Gasteiger partial charge in [-0.2, -0.15) is 0 Å². The van der Waals surface area contributed by atoms with Crippen LogP contribution in [0, 0.1) is 0 Å². The molecule has 0 spiro atoms. The van der Waals surface area contributed by atoms with Crippen molar-refractivity contribution in [2.45, 2.75) is 57.2 Å². The number of nitrogens with one attached hydrogen (secondary N) is 2. The van der Waals surface area contributed by atoms with E-state index in [-0.39, 0.29) is 30.1 Å². The maximum absolute atomic E-state index is 5.86. The number of hydrogen-bond donors (Lipinski definition) is 2. The van der Waals surface area contributed by atoms with E-state index in [9.17, 15) is 0 Å². The molecule has 0 amide bonds. The van der Waals surface area contributed by atoms with E-state index in [0.29, 0.717) is 12.6 Å². The number of piperidine rings is 1. The molecular formula is C24H36IN5O2. The molecule has 0 aliphatic carbocycles. The molecule has 0 radical (unpaired) electrons. The van der Waals surface area contributed by atoms with Gasteiger partial charge in [-0.1, -0.05) is 6.07 Å². The average molecular weight is 553 g/mol. The fourth-order valence-corrected chi connectivity index (χ4v) is 4.21. The highest BCUT2D eigenvalue weighted by Crippen LogP contribution is 2.14. The summed E-state index contributed by atoms with van der Waals surface area (Å²) < 4.78 is 11.3. The van der Waals surface area contributed by atoms with Gasteiger partial charge in [-0.3, -0.25) is 14.9 Å². The van der Waals surface area contributed by atoms with Crippen molar-refractivity contribution in [2.24, 2.45) is 4.99 Å². The molecule has 7 nitrogen and oxygen atoms in total. The molecule has 2 saturated heterocycles. The molecule has 4 rings (SSSR count). The lowest BCUT2D eigenvalue weighted by Crippen LogP contribution is -2.49. The van der Waals surface area contributed by atoms with Gasteiger partial charge in [0.25, 0.3) is 0 Å². The van der Waals surface area contributed by atoms with Crippen molar-refractivity contribution in [3.63, 3.8) is 0 Å². The van der Waals surface area contributed by atoms with E-state index in [1.54, 1.807) is 6.26 Å². The van der Waals surface area contributed by atoms with Crippen molar-refractivity contribution in [1.29, 1.82) is 0 Å². The summed E-state index contributed by atoms with van der Waals surface area (Å²) in [6.07, 6.45) is 10.4. The SMILES string of the molecule is I.c1ccc(CN2CCC(NC(=NCC3CCCCO3)NCCc3ccco3)CC2)nc1. The molecule has 176 valence electrons. The van der Waals surface area contributed by atoms with Gasteiger partial charge in [0.2, 0.25) is 0 Å². The minimum absolute atomic E-state index is 0. The van der Waals surface area contributed by atoms with Crippen LogP contribution in [0.1, 0.15) is 43.6 Å². The third-order valence-corrected chi connectivity index (χ3v) is 6.01. The van der Waals surface area contributed by atoms with Crippen molar-refractivity contribution in [3.8, 4) is 0 Å². The van der Waals surface area contributed by atoms with Crippen molar-refractivity contribution in [1.82, 2.24) is 20.5 Å². The Kier molecular flexibility index (Phi) is 10.8. The normalized spacial score (nSPS) is 20.5. The zero-order valence-corrected chi connectivity index (χ0v) is 21.1. The first kappa shape index (κ1) is 25.0. The fraction of sp³-hybridized carbons (Fsp3) is 0.583. The number of furan rings is 1. The molecule has 32 heavy (non-hydrogen) atoms. The van der Waals surface area contributed by atoms with Crippen LogP contribution in [0.3, 0.4) is 0 Å². The number of nitrogens with zero attached hydrogens (tertiary/aromatic N) is 3. The first-order chi connectivity index (χ1) is 15.3. The number of guanidine groups is 1. The summed E-state index contributed by atoms with van der Waals surface area (Å²) >= 11 is 0. The topological polar surface area (TPSA) is 74.9 Å². The van der Waals surface area contributed by atoms with Crippen molar-refractivity contribution < 1.29 is 9.15 Å². The summed E-state index contributed by atoms with van der Waals surface area (Å²) in [5.41, 5.74) is 1.14. The highest BCUT2D eigenvalue weighted by Gasteiger charge is 2.21. The van der Waals surface area contributed by atoms with Crippen LogP contribution in [-0.4, -0.2) is 60.8 Å². The molecule has 8 heteroatoms. The quantitative estimate of drug-likeness (QED) is 0.296. The minimum atomic E-state index is 0. The Morgan fingerprint density at radius 1 is 1.12 bits per heavy atom. The Balaban J connectivity index is 0.00000289. The lowest BCUT2D eigenvalue weighted by Gasteiger charge is -2.33. The maximum Gasteiger partial charge on any atom is 0.191 e. The molecule has 2 aromatic heterocycles. The molecule has 0 saturated carbocycles. The van der Waals surface area contributed by atoms with Crippen LogP contribution in [0.25, 0.3) is 0 Å². The number of aliphatic imine (C=N–C) groups is 1. The molecule has 2 aromatic rings. The van der Waals surface area contributed by atoms with Crippen molar-refractivity contribution in [2.75, 3.05) is 32.8 Å².